The second-order valence-corrected chi connectivity index (χ2v) is 6.76. The Kier molecular flexibility index (Phi) is 3.79. The standard InChI is InChI=1S/C16H23N5O2/c1-16(2,3)23-15(22)21-8-6-20(7-9-21)13-5-4-12-14(19-13)11(17)10-18-12/h4-5,10,18H,6-9,17H2,1-3H3. The number of rotatable bonds is 1. The van der Waals surface area contributed by atoms with Gasteiger partial charge in [0.1, 0.15) is 16.9 Å². The van der Waals surface area contributed by atoms with Crippen molar-refractivity contribution < 1.29 is 9.53 Å². The number of nitrogens with one attached hydrogen (secondary N) is 1. The lowest BCUT2D eigenvalue weighted by Gasteiger charge is -2.36. The Morgan fingerprint density at radius 2 is 1.96 bits per heavy atom. The van der Waals surface area contributed by atoms with Crippen molar-refractivity contribution in [3.05, 3.63) is 18.3 Å². The molecule has 2 aromatic heterocycles. The molecule has 0 radical (unpaired) electrons. The van der Waals surface area contributed by atoms with E-state index < -0.39 is 5.60 Å². The van der Waals surface area contributed by atoms with Crippen LogP contribution in [0.25, 0.3) is 11.0 Å². The van der Waals surface area contributed by atoms with Gasteiger partial charge in [0.25, 0.3) is 0 Å². The molecule has 0 saturated carbocycles. The molecule has 1 aliphatic heterocycles. The summed E-state index contributed by atoms with van der Waals surface area (Å²) in [5, 5.41) is 0. The number of hydrogen-bond donors (Lipinski definition) is 2. The maximum Gasteiger partial charge on any atom is 0.410 e. The molecule has 2 aromatic rings. The number of amides is 1. The van der Waals surface area contributed by atoms with E-state index in [2.05, 4.69) is 14.9 Å². The summed E-state index contributed by atoms with van der Waals surface area (Å²) >= 11 is 0. The number of hydrogen-bond acceptors (Lipinski definition) is 5. The smallest absolute Gasteiger partial charge is 0.410 e. The lowest BCUT2D eigenvalue weighted by molar-refractivity contribution is 0.0240. The highest BCUT2D eigenvalue weighted by molar-refractivity contribution is 5.88. The number of pyridine rings is 1. The van der Waals surface area contributed by atoms with Crippen molar-refractivity contribution in [2.24, 2.45) is 0 Å². The fourth-order valence-corrected chi connectivity index (χ4v) is 2.63. The summed E-state index contributed by atoms with van der Waals surface area (Å²) in [5.74, 6) is 0.882. The van der Waals surface area contributed by atoms with E-state index in [9.17, 15) is 4.79 Å². The zero-order valence-corrected chi connectivity index (χ0v) is 13.8. The van der Waals surface area contributed by atoms with E-state index in [1.54, 1.807) is 11.1 Å². The molecular weight excluding hydrogens is 294 g/mol. The second-order valence-electron chi connectivity index (χ2n) is 6.76. The molecule has 3 rings (SSSR count). The Morgan fingerprint density at radius 1 is 1.26 bits per heavy atom. The molecule has 7 nitrogen and oxygen atoms in total. The zero-order chi connectivity index (χ0) is 16.6. The number of ether oxygens (including phenoxy) is 1. The number of carbonyl (C=O) groups excluding carboxylic acids is 1. The number of nitrogen functional groups attached to an aromatic ring is 1. The minimum Gasteiger partial charge on any atom is -0.444 e. The Morgan fingerprint density at radius 3 is 2.61 bits per heavy atom. The van der Waals surface area contributed by atoms with Gasteiger partial charge in [0.05, 0.1) is 11.2 Å². The van der Waals surface area contributed by atoms with Gasteiger partial charge in [-0.25, -0.2) is 9.78 Å². The minimum atomic E-state index is -0.466. The van der Waals surface area contributed by atoms with Gasteiger partial charge in [-0.1, -0.05) is 0 Å². The molecule has 3 N–H and O–H groups in total. The van der Waals surface area contributed by atoms with E-state index in [4.69, 9.17) is 10.5 Å². The summed E-state index contributed by atoms with van der Waals surface area (Å²) in [6, 6.07) is 3.95. The molecule has 0 atom stereocenters. The van der Waals surface area contributed by atoms with Crippen LogP contribution in [-0.4, -0.2) is 52.7 Å². The SMILES string of the molecule is CC(C)(C)OC(=O)N1CCN(c2ccc3[nH]cc(N)c3n2)CC1. The number of anilines is 2. The number of nitrogens with two attached hydrogens (primary N) is 1. The number of aromatic amines is 1. The highest BCUT2D eigenvalue weighted by Gasteiger charge is 2.26. The van der Waals surface area contributed by atoms with E-state index in [1.807, 2.05) is 32.9 Å². The molecule has 3 heterocycles. The maximum atomic E-state index is 12.1. The average Bonchev–Trinajstić information content (AvgIpc) is 2.87. The molecule has 23 heavy (non-hydrogen) atoms. The van der Waals surface area contributed by atoms with Crippen LogP contribution in [0.1, 0.15) is 20.8 Å². The lowest BCUT2D eigenvalue weighted by Crippen LogP contribution is -2.50. The molecule has 0 aromatic carbocycles. The fourth-order valence-electron chi connectivity index (χ4n) is 2.63. The molecule has 124 valence electrons. The Labute approximate surface area is 135 Å². The molecule has 1 saturated heterocycles. The van der Waals surface area contributed by atoms with E-state index in [-0.39, 0.29) is 6.09 Å². The van der Waals surface area contributed by atoms with Crippen molar-refractivity contribution >= 4 is 28.6 Å². The van der Waals surface area contributed by atoms with Crippen LogP contribution in [0.4, 0.5) is 16.3 Å². The van der Waals surface area contributed by atoms with E-state index >= 15 is 0 Å². The van der Waals surface area contributed by atoms with Crippen molar-refractivity contribution in [3.8, 4) is 0 Å². The third-order valence-corrected chi connectivity index (χ3v) is 3.79. The van der Waals surface area contributed by atoms with E-state index in [1.165, 1.54) is 0 Å². The topological polar surface area (TPSA) is 87.5 Å². The highest BCUT2D eigenvalue weighted by atomic mass is 16.6. The van der Waals surface area contributed by atoms with Crippen LogP contribution >= 0.6 is 0 Å². The predicted octanol–water partition coefficient (Wildman–Crippen LogP) is 2.20. The number of nitrogens with zero attached hydrogens (tertiary/aromatic N) is 3. The van der Waals surface area contributed by atoms with Crippen LogP contribution in [0.3, 0.4) is 0 Å². The van der Waals surface area contributed by atoms with Crippen molar-refractivity contribution in [2.45, 2.75) is 26.4 Å². The van der Waals surface area contributed by atoms with Gasteiger partial charge in [0.15, 0.2) is 0 Å². The van der Waals surface area contributed by atoms with Crippen LogP contribution in [-0.2, 0) is 4.74 Å². The Balaban J connectivity index is 1.66. The highest BCUT2D eigenvalue weighted by Crippen LogP contribution is 2.23. The predicted molar refractivity (Wildman–Crippen MR) is 90.5 cm³/mol. The summed E-state index contributed by atoms with van der Waals surface area (Å²) < 4.78 is 5.41. The van der Waals surface area contributed by atoms with Crippen LogP contribution in [0.15, 0.2) is 18.3 Å². The van der Waals surface area contributed by atoms with Crippen LogP contribution in [0.2, 0.25) is 0 Å². The van der Waals surface area contributed by atoms with Gasteiger partial charge in [-0.2, -0.15) is 0 Å². The van der Waals surface area contributed by atoms with Crippen molar-refractivity contribution in [1.29, 1.82) is 0 Å². The number of carbonyl (C=O) groups is 1. The summed E-state index contributed by atoms with van der Waals surface area (Å²) in [5.41, 5.74) is 7.81. The molecule has 0 aliphatic carbocycles. The van der Waals surface area contributed by atoms with Gasteiger partial charge in [0, 0.05) is 32.4 Å². The maximum absolute atomic E-state index is 12.1. The van der Waals surface area contributed by atoms with Gasteiger partial charge >= 0.3 is 6.09 Å². The van der Waals surface area contributed by atoms with Gasteiger partial charge in [-0.05, 0) is 32.9 Å². The van der Waals surface area contributed by atoms with E-state index in [0.717, 1.165) is 29.9 Å². The van der Waals surface area contributed by atoms with Gasteiger partial charge in [-0.3, -0.25) is 0 Å². The molecule has 0 spiro atoms. The van der Waals surface area contributed by atoms with E-state index in [0.29, 0.717) is 18.8 Å². The first-order valence-corrected chi connectivity index (χ1v) is 7.80. The molecule has 7 heteroatoms. The second kappa shape index (κ2) is 5.64. The molecule has 0 unspecified atom stereocenters. The monoisotopic (exact) mass is 317 g/mol. The number of fused-ring (bicyclic) bond motifs is 1. The first-order chi connectivity index (χ1) is 10.8. The minimum absolute atomic E-state index is 0.254. The van der Waals surface area contributed by atoms with Gasteiger partial charge in [0.2, 0.25) is 0 Å². The Bertz CT molecular complexity index is 711. The van der Waals surface area contributed by atoms with Crippen molar-refractivity contribution in [1.82, 2.24) is 14.9 Å². The summed E-state index contributed by atoms with van der Waals surface area (Å²) in [6.07, 6.45) is 1.50. The van der Waals surface area contributed by atoms with Crippen LogP contribution in [0.5, 0.6) is 0 Å². The summed E-state index contributed by atoms with van der Waals surface area (Å²) in [7, 11) is 0. The molecule has 0 bridgehead atoms. The van der Waals surface area contributed by atoms with Gasteiger partial charge < -0.3 is 25.3 Å². The van der Waals surface area contributed by atoms with Gasteiger partial charge in [-0.15, -0.1) is 0 Å². The number of H-pyrrole nitrogens is 1. The largest absolute Gasteiger partial charge is 0.444 e. The molecule has 1 aliphatic rings. The summed E-state index contributed by atoms with van der Waals surface area (Å²) in [6.45, 7) is 8.32. The summed E-state index contributed by atoms with van der Waals surface area (Å²) in [4.78, 5) is 23.7. The number of aromatic nitrogens is 2. The first-order valence-electron chi connectivity index (χ1n) is 7.80. The van der Waals surface area contributed by atoms with Crippen LogP contribution in [0, 0.1) is 0 Å². The molecule has 1 fully saturated rings. The third kappa shape index (κ3) is 3.33. The third-order valence-electron chi connectivity index (χ3n) is 3.79. The normalized spacial score (nSPS) is 16.0. The molecule has 1 amide bonds. The Hall–Kier alpha value is -2.44. The number of piperazine rings is 1. The zero-order valence-electron chi connectivity index (χ0n) is 13.8. The fraction of sp³-hybridized carbons (Fsp3) is 0.500. The van der Waals surface area contributed by atoms with Crippen molar-refractivity contribution in [3.63, 3.8) is 0 Å². The lowest BCUT2D eigenvalue weighted by atomic mass is 10.2. The quantitative estimate of drug-likeness (QED) is 0.842. The molecular formula is C16H23N5O2. The van der Waals surface area contributed by atoms with Crippen molar-refractivity contribution in [2.75, 3.05) is 36.8 Å². The first kappa shape index (κ1) is 15.5. The average molecular weight is 317 g/mol. The van der Waals surface area contributed by atoms with Crippen LogP contribution < -0.4 is 10.6 Å².